The summed E-state index contributed by atoms with van der Waals surface area (Å²) in [6.07, 6.45) is 2.73. The maximum Gasteiger partial charge on any atom is 0.409 e. The molecule has 6 heteroatoms. The summed E-state index contributed by atoms with van der Waals surface area (Å²) in [5, 5.41) is 0. The van der Waals surface area contributed by atoms with E-state index in [0.717, 1.165) is 5.76 Å². The first-order chi connectivity index (χ1) is 16.0. The van der Waals surface area contributed by atoms with Gasteiger partial charge in [-0.15, -0.1) is 0 Å². The molecule has 2 aromatic rings. The van der Waals surface area contributed by atoms with E-state index >= 15 is 0 Å². The van der Waals surface area contributed by atoms with Crippen molar-refractivity contribution in [3.05, 3.63) is 58.0 Å². The highest BCUT2D eigenvalue weighted by atomic mass is 16.6. The normalized spacial score (nSPS) is 19.0. The Morgan fingerprint density at radius 3 is 2.15 bits per heavy atom. The quantitative estimate of drug-likeness (QED) is 0.602. The number of ether oxygens (including phenoxy) is 1. The minimum absolute atomic E-state index is 0.125. The van der Waals surface area contributed by atoms with Crippen LogP contribution in [0, 0.1) is 6.92 Å². The van der Waals surface area contributed by atoms with Gasteiger partial charge in [0.25, 0.3) is 5.91 Å². The van der Waals surface area contributed by atoms with Crippen molar-refractivity contribution in [2.75, 3.05) is 32.8 Å². The average Bonchev–Trinajstić information content (AvgIpc) is 3.26. The van der Waals surface area contributed by atoms with Crippen LogP contribution in [0.4, 0.5) is 4.79 Å². The molecule has 0 bridgehead atoms. The van der Waals surface area contributed by atoms with Crippen molar-refractivity contribution < 1.29 is 18.7 Å². The molecule has 1 aliphatic carbocycles. The molecule has 1 fully saturated rings. The number of furan rings is 1. The van der Waals surface area contributed by atoms with Crippen molar-refractivity contribution in [1.29, 1.82) is 0 Å². The first-order valence-corrected chi connectivity index (χ1v) is 12.5. The molecule has 0 atom stereocenters. The monoisotopic (exact) mass is 466 g/mol. The first kappa shape index (κ1) is 24.4. The second-order valence-electron chi connectivity index (χ2n) is 11.0. The Morgan fingerprint density at radius 2 is 1.53 bits per heavy atom. The molecule has 2 amide bonds. The van der Waals surface area contributed by atoms with Gasteiger partial charge in [0, 0.05) is 32.6 Å². The highest BCUT2D eigenvalue weighted by molar-refractivity contribution is 5.91. The van der Waals surface area contributed by atoms with Gasteiger partial charge in [0.15, 0.2) is 5.76 Å². The van der Waals surface area contributed by atoms with Gasteiger partial charge in [-0.05, 0) is 71.9 Å². The molecular weight excluding hydrogens is 428 g/mol. The van der Waals surface area contributed by atoms with E-state index in [-0.39, 0.29) is 22.8 Å². The number of piperazine rings is 1. The maximum atomic E-state index is 13.0. The summed E-state index contributed by atoms with van der Waals surface area (Å²) in [5.74, 6) is 1.03. The Morgan fingerprint density at radius 1 is 0.941 bits per heavy atom. The minimum atomic E-state index is -0.318. The van der Waals surface area contributed by atoms with E-state index in [1.165, 1.54) is 35.1 Å². The van der Waals surface area contributed by atoms with Crippen LogP contribution >= 0.6 is 0 Å². The summed E-state index contributed by atoms with van der Waals surface area (Å²) in [6, 6.07) is 8.42. The summed E-state index contributed by atoms with van der Waals surface area (Å²) in [7, 11) is 0. The fraction of sp³-hybridized carbons (Fsp3) is 0.571. The number of aryl methyl sites for hydroxylation is 1. The molecule has 1 aromatic heterocycles. The lowest BCUT2D eigenvalue weighted by Gasteiger charge is -2.42. The highest BCUT2D eigenvalue weighted by Gasteiger charge is 2.37. The van der Waals surface area contributed by atoms with E-state index in [2.05, 4.69) is 46.8 Å². The lowest BCUT2D eigenvalue weighted by atomic mass is 9.62. The minimum Gasteiger partial charge on any atom is -0.456 e. The molecule has 0 radical (unpaired) electrons. The van der Waals surface area contributed by atoms with Gasteiger partial charge in [-0.2, -0.15) is 0 Å². The third kappa shape index (κ3) is 4.73. The van der Waals surface area contributed by atoms with Gasteiger partial charge in [-0.25, -0.2) is 4.79 Å². The molecule has 1 saturated heterocycles. The van der Waals surface area contributed by atoms with Crippen LogP contribution in [0.5, 0.6) is 0 Å². The molecule has 6 nitrogen and oxygen atoms in total. The van der Waals surface area contributed by atoms with Gasteiger partial charge in [0.05, 0.1) is 6.61 Å². The molecule has 4 rings (SSSR count). The van der Waals surface area contributed by atoms with Gasteiger partial charge in [0.2, 0.25) is 0 Å². The van der Waals surface area contributed by atoms with E-state index in [1.54, 1.807) is 22.8 Å². The molecule has 0 unspecified atom stereocenters. The number of fused-ring (bicyclic) bond motifs is 1. The Kier molecular flexibility index (Phi) is 6.54. The number of carbonyl (C=O) groups excluding carboxylic acids is 2. The van der Waals surface area contributed by atoms with Crippen molar-refractivity contribution in [3.8, 4) is 0 Å². The summed E-state index contributed by atoms with van der Waals surface area (Å²) in [4.78, 5) is 28.3. The predicted octanol–water partition coefficient (Wildman–Crippen LogP) is 5.44. The zero-order valence-corrected chi connectivity index (χ0v) is 21.5. The number of amides is 2. The molecule has 0 N–H and O–H groups in total. The maximum absolute atomic E-state index is 13.0. The van der Waals surface area contributed by atoms with Crippen molar-refractivity contribution in [2.45, 2.75) is 71.6 Å². The molecule has 0 spiro atoms. The first-order valence-electron chi connectivity index (χ1n) is 12.5. The third-order valence-electron chi connectivity index (χ3n) is 7.64. The average molecular weight is 467 g/mol. The summed E-state index contributed by atoms with van der Waals surface area (Å²) >= 11 is 0. The Labute approximate surface area is 203 Å². The molecule has 184 valence electrons. The highest BCUT2D eigenvalue weighted by Crippen LogP contribution is 2.46. The van der Waals surface area contributed by atoms with E-state index in [0.29, 0.717) is 45.0 Å². The van der Waals surface area contributed by atoms with Crippen LogP contribution < -0.4 is 0 Å². The topological polar surface area (TPSA) is 63.0 Å². The van der Waals surface area contributed by atoms with Crippen molar-refractivity contribution >= 4 is 12.0 Å². The van der Waals surface area contributed by atoms with Crippen LogP contribution in [0.15, 0.2) is 28.7 Å². The standard InChI is InChI=1S/C28H38N2O4/c1-7-33-26(32)30-14-12-29(13-15-30)25(31)24-9-8-21(34-24)17-20-18-23-22(16-19(20)2)27(3,4)10-11-28(23,5)6/h8-9,16,18H,7,10-15,17H2,1-6H3. The van der Waals surface area contributed by atoms with E-state index < -0.39 is 0 Å². The number of nitrogens with zero attached hydrogens (tertiary/aromatic N) is 2. The Balaban J connectivity index is 1.47. The number of hydrogen-bond acceptors (Lipinski definition) is 4. The van der Waals surface area contributed by atoms with Crippen LogP contribution in [0.1, 0.15) is 86.0 Å². The molecule has 0 saturated carbocycles. The summed E-state index contributed by atoms with van der Waals surface area (Å²) < 4.78 is 11.1. The largest absolute Gasteiger partial charge is 0.456 e. The molecule has 1 aromatic carbocycles. The lowest BCUT2D eigenvalue weighted by Crippen LogP contribution is -2.50. The second kappa shape index (κ2) is 9.12. The van der Waals surface area contributed by atoms with Crippen molar-refractivity contribution in [1.82, 2.24) is 9.80 Å². The van der Waals surface area contributed by atoms with Crippen LogP contribution in [-0.2, 0) is 22.0 Å². The summed E-state index contributed by atoms with van der Waals surface area (Å²) in [5.41, 5.74) is 5.76. The molecular formula is C28H38N2O4. The van der Waals surface area contributed by atoms with Crippen LogP contribution in [-0.4, -0.2) is 54.6 Å². The lowest BCUT2D eigenvalue weighted by molar-refractivity contribution is 0.0545. The zero-order valence-electron chi connectivity index (χ0n) is 21.5. The number of benzene rings is 1. The number of carbonyl (C=O) groups is 2. The Hall–Kier alpha value is -2.76. The third-order valence-corrected chi connectivity index (χ3v) is 7.64. The number of rotatable bonds is 4. The molecule has 1 aliphatic heterocycles. The van der Waals surface area contributed by atoms with E-state index in [1.807, 2.05) is 6.07 Å². The summed E-state index contributed by atoms with van der Waals surface area (Å²) in [6.45, 7) is 15.6. The van der Waals surface area contributed by atoms with Crippen LogP contribution in [0.25, 0.3) is 0 Å². The SMILES string of the molecule is CCOC(=O)N1CCN(C(=O)c2ccc(Cc3cc4c(cc3C)C(C)(C)CCC4(C)C)o2)CC1. The molecule has 2 heterocycles. The van der Waals surface area contributed by atoms with Gasteiger partial charge >= 0.3 is 6.09 Å². The van der Waals surface area contributed by atoms with E-state index in [9.17, 15) is 9.59 Å². The van der Waals surface area contributed by atoms with Gasteiger partial charge in [-0.1, -0.05) is 39.8 Å². The molecule has 34 heavy (non-hydrogen) atoms. The van der Waals surface area contributed by atoms with Crippen LogP contribution in [0.3, 0.4) is 0 Å². The Bertz CT molecular complexity index is 1070. The zero-order chi connectivity index (χ0) is 24.7. The fourth-order valence-electron chi connectivity index (χ4n) is 5.20. The van der Waals surface area contributed by atoms with Gasteiger partial charge in [0.1, 0.15) is 5.76 Å². The van der Waals surface area contributed by atoms with Crippen molar-refractivity contribution in [3.63, 3.8) is 0 Å². The van der Waals surface area contributed by atoms with Crippen molar-refractivity contribution in [2.24, 2.45) is 0 Å². The van der Waals surface area contributed by atoms with Gasteiger partial charge in [-0.3, -0.25) is 4.79 Å². The molecule has 2 aliphatic rings. The fourth-order valence-corrected chi connectivity index (χ4v) is 5.20. The van der Waals surface area contributed by atoms with Crippen LogP contribution in [0.2, 0.25) is 0 Å². The van der Waals surface area contributed by atoms with Gasteiger partial charge < -0.3 is 19.0 Å². The second-order valence-corrected chi connectivity index (χ2v) is 11.0. The van der Waals surface area contributed by atoms with E-state index in [4.69, 9.17) is 9.15 Å². The number of hydrogen-bond donors (Lipinski definition) is 0. The predicted molar refractivity (Wildman–Crippen MR) is 132 cm³/mol. The smallest absolute Gasteiger partial charge is 0.409 e.